The summed E-state index contributed by atoms with van der Waals surface area (Å²) in [4.78, 5) is 0. The zero-order valence-corrected chi connectivity index (χ0v) is 12.0. The molecule has 0 amide bonds. The Morgan fingerprint density at radius 2 is 1.80 bits per heavy atom. The average Bonchev–Trinajstić information content (AvgIpc) is 2.43. The Labute approximate surface area is 121 Å². The van der Waals surface area contributed by atoms with Gasteiger partial charge in [0, 0.05) is 5.41 Å². The second-order valence-electron chi connectivity index (χ2n) is 5.89. The smallest absolute Gasteiger partial charge is 0.0556 e. The summed E-state index contributed by atoms with van der Waals surface area (Å²) in [6.45, 7) is 2.13. The van der Waals surface area contributed by atoms with Gasteiger partial charge in [-0.1, -0.05) is 66.6 Å². The third-order valence-electron chi connectivity index (χ3n) is 4.69. The lowest BCUT2D eigenvalue weighted by atomic mass is 9.59. The molecule has 0 saturated heterocycles. The lowest BCUT2D eigenvalue weighted by Crippen LogP contribution is -2.48. The highest BCUT2D eigenvalue weighted by Crippen LogP contribution is 2.51. The Bertz CT molecular complexity index is 573. The van der Waals surface area contributed by atoms with Crippen LogP contribution in [0.15, 0.2) is 54.6 Å². The van der Waals surface area contributed by atoms with Crippen LogP contribution in [-0.2, 0) is 5.41 Å². The van der Waals surface area contributed by atoms with E-state index in [0.717, 1.165) is 0 Å². The molecule has 3 N–H and O–H groups in total. The van der Waals surface area contributed by atoms with E-state index in [1.807, 2.05) is 0 Å². The Hall–Kier alpha value is -1.64. The molecule has 2 nitrogen and oxygen atoms in total. The largest absolute Gasteiger partial charge is 0.271 e. The van der Waals surface area contributed by atoms with Crippen LogP contribution in [0.2, 0.25) is 0 Å². The molecule has 1 aliphatic carbocycles. The molecule has 0 aromatic heterocycles. The maximum absolute atomic E-state index is 5.94. The van der Waals surface area contributed by atoms with Crippen LogP contribution in [0.4, 0.5) is 0 Å². The van der Waals surface area contributed by atoms with Crippen molar-refractivity contribution in [1.29, 1.82) is 0 Å². The van der Waals surface area contributed by atoms with Gasteiger partial charge in [-0.25, -0.2) is 0 Å². The average molecular weight is 266 g/mol. The molecule has 20 heavy (non-hydrogen) atoms. The summed E-state index contributed by atoms with van der Waals surface area (Å²) in [5.74, 6) is 5.94. The summed E-state index contributed by atoms with van der Waals surface area (Å²) >= 11 is 0. The van der Waals surface area contributed by atoms with Crippen molar-refractivity contribution in [3.05, 3.63) is 71.3 Å². The minimum Gasteiger partial charge on any atom is -0.271 e. The highest BCUT2D eigenvalue weighted by atomic mass is 15.2. The molecule has 2 aromatic rings. The third-order valence-corrected chi connectivity index (χ3v) is 4.69. The Balaban J connectivity index is 2.03. The van der Waals surface area contributed by atoms with Gasteiger partial charge in [0.25, 0.3) is 0 Å². The highest BCUT2D eigenvalue weighted by molar-refractivity contribution is 5.36. The number of rotatable bonds is 4. The standard InChI is InChI=1S/C18H22N2/c1-14-7-5-8-15(13-14)17(20-19)18(11-6-12-18)16-9-3-2-4-10-16/h2-5,7-10,13,17,20H,6,11-12,19H2,1H3. The summed E-state index contributed by atoms with van der Waals surface area (Å²) in [5.41, 5.74) is 7.20. The molecule has 0 heterocycles. The van der Waals surface area contributed by atoms with Gasteiger partial charge in [0.15, 0.2) is 0 Å². The molecule has 1 saturated carbocycles. The topological polar surface area (TPSA) is 38.0 Å². The number of hydrogen-bond acceptors (Lipinski definition) is 2. The van der Waals surface area contributed by atoms with Crippen LogP contribution in [0.3, 0.4) is 0 Å². The first kappa shape index (κ1) is 13.3. The molecule has 1 atom stereocenters. The molecule has 3 rings (SSSR count). The fourth-order valence-corrected chi connectivity index (χ4v) is 3.50. The van der Waals surface area contributed by atoms with E-state index in [9.17, 15) is 0 Å². The fourth-order valence-electron chi connectivity index (χ4n) is 3.50. The molecule has 0 aliphatic heterocycles. The SMILES string of the molecule is Cc1cccc(C(NN)C2(c3ccccc3)CCC2)c1. The van der Waals surface area contributed by atoms with Gasteiger partial charge in [-0.15, -0.1) is 0 Å². The van der Waals surface area contributed by atoms with E-state index in [4.69, 9.17) is 5.84 Å². The predicted molar refractivity (Wildman–Crippen MR) is 83.2 cm³/mol. The molecule has 2 heteroatoms. The summed E-state index contributed by atoms with van der Waals surface area (Å²) in [5, 5.41) is 0. The first-order valence-electron chi connectivity index (χ1n) is 7.34. The molecule has 0 bridgehead atoms. The van der Waals surface area contributed by atoms with Crippen LogP contribution < -0.4 is 11.3 Å². The number of benzene rings is 2. The zero-order valence-electron chi connectivity index (χ0n) is 12.0. The van der Waals surface area contributed by atoms with Gasteiger partial charge in [-0.2, -0.15) is 0 Å². The van der Waals surface area contributed by atoms with Crippen LogP contribution in [0.25, 0.3) is 0 Å². The van der Waals surface area contributed by atoms with E-state index >= 15 is 0 Å². The monoisotopic (exact) mass is 266 g/mol. The van der Waals surface area contributed by atoms with Gasteiger partial charge in [0.1, 0.15) is 0 Å². The Kier molecular flexibility index (Phi) is 3.60. The van der Waals surface area contributed by atoms with Crippen LogP contribution in [-0.4, -0.2) is 0 Å². The zero-order chi connectivity index (χ0) is 14.0. The summed E-state index contributed by atoms with van der Waals surface area (Å²) < 4.78 is 0. The van der Waals surface area contributed by atoms with E-state index in [1.165, 1.54) is 36.0 Å². The van der Waals surface area contributed by atoms with E-state index in [-0.39, 0.29) is 11.5 Å². The number of nitrogens with one attached hydrogen (secondary N) is 1. The van der Waals surface area contributed by atoms with Crippen molar-refractivity contribution in [1.82, 2.24) is 5.43 Å². The third kappa shape index (κ3) is 2.15. The fraction of sp³-hybridized carbons (Fsp3) is 0.333. The normalized spacial score (nSPS) is 18.3. The lowest BCUT2D eigenvalue weighted by Gasteiger charge is -2.48. The summed E-state index contributed by atoms with van der Waals surface area (Å²) in [7, 11) is 0. The minimum atomic E-state index is 0.143. The quantitative estimate of drug-likeness (QED) is 0.655. The van der Waals surface area contributed by atoms with Gasteiger partial charge >= 0.3 is 0 Å². The molecule has 1 fully saturated rings. The lowest BCUT2D eigenvalue weighted by molar-refractivity contribution is 0.170. The van der Waals surface area contributed by atoms with Crippen LogP contribution >= 0.6 is 0 Å². The minimum absolute atomic E-state index is 0.143. The van der Waals surface area contributed by atoms with Crippen LogP contribution in [0, 0.1) is 6.92 Å². The second kappa shape index (κ2) is 5.39. The van der Waals surface area contributed by atoms with Gasteiger partial charge < -0.3 is 0 Å². The van der Waals surface area contributed by atoms with Crippen molar-refractivity contribution >= 4 is 0 Å². The molecular formula is C18H22N2. The summed E-state index contributed by atoms with van der Waals surface area (Å²) in [6, 6.07) is 19.6. The predicted octanol–water partition coefficient (Wildman–Crippen LogP) is 3.62. The first-order valence-corrected chi connectivity index (χ1v) is 7.34. The maximum Gasteiger partial charge on any atom is 0.0556 e. The number of hydrazine groups is 1. The van der Waals surface area contributed by atoms with Crippen LogP contribution in [0.5, 0.6) is 0 Å². The first-order chi connectivity index (χ1) is 9.76. The van der Waals surface area contributed by atoms with Gasteiger partial charge in [-0.3, -0.25) is 11.3 Å². The summed E-state index contributed by atoms with van der Waals surface area (Å²) in [6.07, 6.45) is 3.67. The van der Waals surface area contributed by atoms with Crippen molar-refractivity contribution < 1.29 is 0 Å². The number of nitrogens with two attached hydrogens (primary N) is 1. The van der Waals surface area contributed by atoms with Gasteiger partial charge in [0.05, 0.1) is 6.04 Å². The van der Waals surface area contributed by atoms with Crippen LogP contribution in [0.1, 0.15) is 42.0 Å². The molecule has 104 valence electrons. The highest BCUT2D eigenvalue weighted by Gasteiger charge is 2.45. The number of hydrogen-bond donors (Lipinski definition) is 2. The maximum atomic E-state index is 5.94. The van der Waals surface area contributed by atoms with Crippen molar-refractivity contribution in [2.24, 2.45) is 5.84 Å². The van der Waals surface area contributed by atoms with Crippen molar-refractivity contribution in [3.8, 4) is 0 Å². The van der Waals surface area contributed by atoms with Gasteiger partial charge in [-0.05, 0) is 30.9 Å². The van der Waals surface area contributed by atoms with E-state index in [2.05, 4.69) is 66.9 Å². The second-order valence-corrected chi connectivity index (χ2v) is 5.89. The molecule has 1 aliphatic rings. The van der Waals surface area contributed by atoms with E-state index in [0.29, 0.717) is 0 Å². The number of aryl methyl sites for hydroxylation is 1. The molecule has 0 spiro atoms. The van der Waals surface area contributed by atoms with Crippen molar-refractivity contribution in [2.75, 3.05) is 0 Å². The molecule has 1 unspecified atom stereocenters. The van der Waals surface area contributed by atoms with Gasteiger partial charge in [0.2, 0.25) is 0 Å². The van der Waals surface area contributed by atoms with E-state index < -0.39 is 0 Å². The Morgan fingerprint density at radius 1 is 1.05 bits per heavy atom. The molecule has 0 radical (unpaired) electrons. The Morgan fingerprint density at radius 3 is 2.35 bits per heavy atom. The van der Waals surface area contributed by atoms with Crippen molar-refractivity contribution in [2.45, 2.75) is 37.6 Å². The van der Waals surface area contributed by atoms with E-state index in [1.54, 1.807) is 0 Å². The molecular weight excluding hydrogens is 244 g/mol. The van der Waals surface area contributed by atoms with Crippen molar-refractivity contribution in [3.63, 3.8) is 0 Å². The molecule has 2 aromatic carbocycles.